The zero-order chi connectivity index (χ0) is 15.9. The van der Waals surface area contributed by atoms with Crippen molar-refractivity contribution >= 4 is 15.7 Å². The molecule has 1 N–H and O–H groups in total. The molecule has 5 nitrogen and oxygen atoms in total. The minimum atomic E-state index is -3.10. The Hall–Kier alpha value is -1.84. The molecule has 0 aliphatic carbocycles. The maximum atomic E-state index is 12.2. The molecule has 21 heavy (non-hydrogen) atoms. The molecule has 0 unspecified atom stereocenters. The van der Waals surface area contributed by atoms with E-state index in [4.69, 9.17) is 5.11 Å². The van der Waals surface area contributed by atoms with Gasteiger partial charge in [0, 0.05) is 37.4 Å². The molecule has 0 aliphatic heterocycles. The van der Waals surface area contributed by atoms with Crippen molar-refractivity contribution in [1.82, 2.24) is 4.90 Å². The van der Waals surface area contributed by atoms with E-state index in [0.717, 1.165) is 6.26 Å². The number of nitrogens with zero attached hydrogens (tertiary/aromatic N) is 1. The standard InChI is InChI=1S/C15H19NO4S/c1-16(9-11-21(2,19)20)15(18)14-8-5-7-13(12-14)6-3-4-10-17/h5,7-8,12,17H,4,9-11H2,1-2H3. The Morgan fingerprint density at radius 3 is 2.71 bits per heavy atom. The van der Waals surface area contributed by atoms with Gasteiger partial charge in [-0.3, -0.25) is 4.79 Å². The van der Waals surface area contributed by atoms with Crippen LogP contribution in [0.1, 0.15) is 22.3 Å². The monoisotopic (exact) mass is 309 g/mol. The van der Waals surface area contributed by atoms with Crippen LogP contribution in [0, 0.1) is 11.8 Å². The molecule has 0 bridgehead atoms. The zero-order valence-corrected chi connectivity index (χ0v) is 13.0. The molecule has 6 heteroatoms. The lowest BCUT2D eigenvalue weighted by Gasteiger charge is -2.16. The Bertz CT molecular complexity index is 656. The SMILES string of the molecule is CN(CCS(C)(=O)=O)C(=O)c1cccc(C#CCCO)c1. The van der Waals surface area contributed by atoms with Crippen LogP contribution < -0.4 is 0 Å². The van der Waals surface area contributed by atoms with Crippen LogP contribution in [0.2, 0.25) is 0 Å². The van der Waals surface area contributed by atoms with E-state index in [1.807, 2.05) is 0 Å². The average molecular weight is 309 g/mol. The molecule has 0 radical (unpaired) electrons. The second kappa shape index (κ2) is 7.81. The minimum Gasteiger partial charge on any atom is -0.395 e. The molecule has 0 aliphatic rings. The topological polar surface area (TPSA) is 74.7 Å². The third-order valence-electron chi connectivity index (χ3n) is 2.72. The Kier molecular flexibility index (Phi) is 6.40. The molecule has 1 aromatic carbocycles. The maximum absolute atomic E-state index is 12.2. The van der Waals surface area contributed by atoms with Crippen molar-refractivity contribution in [1.29, 1.82) is 0 Å². The number of aliphatic hydroxyl groups excluding tert-OH is 1. The zero-order valence-electron chi connectivity index (χ0n) is 12.2. The van der Waals surface area contributed by atoms with Gasteiger partial charge in [0.25, 0.3) is 5.91 Å². The van der Waals surface area contributed by atoms with Gasteiger partial charge < -0.3 is 10.0 Å². The molecular formula is C15H19NO4S. The van der Waals surface area contributed by atoms with Crippen LogP contribution >= 0.6 is 0 Å². The number of amides is 1. The van der Waals surface area contributed by atoms with Gasteiger partial charge in [-0.25, -0.2) is 8.42 Å². The van der Waals surface area contributed by atoms with Crippen LogP contribution in [-0.2, 0) is 9.84 Å². The number of carbonyl (C=O) groups is 1. The first-order chi connectivity index (χ1) is 9.83. The van der Waals surface area contributed by atoms with Crippen LogP contribution in [0.15, 0.2) is 24.3 Å². The molecule has 1 amide bonds. The van der Waals surface area contributed by atoms with Gasteiger partial charge in [0.1, 0.15) is 9.84 Å². The van der Waals surface area contributed by atoms with E-state index < -0.39 is 9.84 Å². The molecule has 1 aromatic rings. The molecule has 0 saturated heterocycles. The van der Waals surface area contributed by atoms with E-state index in [-0.39, 0.29) is 24.8 Å². The fraction of sp³-hybridized carbons (Fsp3) is 0.400. The largest absolute Gasteiger partial charge is 0.395 e. The van der Waals surface area contributed by atoms with Gasteiger partial charge >= 0.3 is 0 Å². The van der Waals surface area contributed by atoms with E-state index in [1.165, 1.54) is 4.90 Å². The van der Waals surface area contributed by atoms with Crippen molar-refractivity contribution in [2.45, 2.75) is 6.42 Å². The van der Waals surface area contributed by atoms with Gasteiger partial charge in [0.15, 0.2) is 0 Å². The van der Waals surface area contributed by atoms with Gasteiger partial charge in [-0.2, -0.15) is 0 Å². The summed E-state index contributed by atoms with van der Waals surface area (Å²) in [6, 6.07) is 6.82. The van der Waals surface area contributed by atoms with Crippen molar-refractivity contribution in [3.05, 3.63) is 35.4 Å². The minimum absolute atomic E-state index is 0.000148. The smallest absolute Gasteiger partial charge is 0.253 e. The second-order valence-electron chi connectivity index (χ2n) is 4.71. The number of benzene rings is 1. The van der Waals surface area contributed by atoms with Crippen LogP contribution in [0.25, 0.3) is 0 Å². The maximum Gasteiger partial charge on any atom is 0.253 e. The first-order valence-corrected chi connectivity index (χ1v) is 8.52. The molecule has 1 rings (SSSR count). The highest BCUT2D eigenvalue weighted by atomic mass is 32.2. The Morgan fingerprint density at radius 2 is 2.10 bits per heavy atom. The number of hydrogen-bond acceptors (Lipinski definition) is 4. The van der Waals surface area contributed by atoms with Gasteiger partial charge in [-0.15, -0.1) is 0 Å². The summed E-state index contributed by atoms with van der Waals surface area (Å²) in [5, 5.41) is 8.67. The number of carbonyl (C=O) groups excluding carboxylic acids is 1. The highest BCUT2D eigenvalue weighted by molar-refractivity contribution is 7.90. The number of hydrogen-bond donors (Lipinski definition) is 1. The van der Waals surface area contributed by atoms with Crippen molar-refractivity contribution in [3.8, 4) is 11.8 Å². The summed E-state index contributed by atoms with van der Waals surface area (Å²) in [5.74, 6) is 5.34. The summed E-state index contributed by atoms with van der Waals surface area (Å²) in [6.07, 6.45) is 1.52. The van der Waals surface area contributed by atoms with Gasteiger partial charge in [-0.05, 0) is 18.2 Å². The van der Waals surface area contributed by atoms with Crippen LogP contribution in [0.3, 0.4) is 0 Å². The summed E-state index contributed by atoms with van der Waals surface area (Å²) in [7, 11) is -1.53. The van der Waals surface area contributed by atoms with Crippen molar-refractivity contribution in [2.24, 2.45) is 0 Å². The molecule has 0 saturated carbocycles. The first kappa shape index (κ1) is 17.2. The molecular weight excluding hydrogens is 290 g/mol. The summed E-state index contributed by atoms with van der Waals surface area (Å²) < 4.78 is 22.2. The van der Waals surface area contributed by atoms with Crippen molar-refractivity contribution < 1.29 is 18.3 Å². The molecule has 0 aromatic heterocycles. The van der Waals surface area contributed by atoms with Gasteiger partial charge in [0.2, 0.25) is 0 Å². The lowest BCUT2D eigenvalue weighted by molar-refractivity contribution is 0.0803. The average Bonchev–Trinajstić information content (AvgIpc) is 2.44. The molecule has 0 fully saturated rings. The van der Waals surface area contributed by atoms with Gasteiger partial charge in [0.05, 0.1) is 12.4 Å². The number of sulfone groups is 1. The predicted octanol–water partition coefficient (Wildman–Crippen LogP) is 0.537. The van der Waals surface area contributed by atoms with E-state index in [9.17, 15) is 13.2 Å². The van der Waals surface area contributed by atoms with E-state index in [1.54, 1.807) is 31.3 Å². The fourth-order valence-corrected chi connectivity index (χ4v) is 2.18. The number of aliphatic hydroxyl groups is 1. The third kappa shape index (κ3) is 6.43. The summed E-state index contributed by atoms with van der Waals surface area (Å²) in [6.45, 7) is 0.151. The number of rotatable bonds is 5. The van der Waals surface area contributed by atoms with E-state index >= 15 is 0 Å². The fourth-order valence-electron chi connectivity index (χ4n) is 1.58. The Balaban J connectivity index is 2.78. The van der Waals surface area contributed by atoms with Gasteiger partial charge in [-0.1, -0.05) is 17.9 Å². The normalized spacial score (nSPS) is 10.6. The van der Waals surface area contributed by atoms with Crippen molar-refractivity contribution in [3.63, 3.8) is 0 Å². The molecule has 0 spiro atoms. The van der Waals surface area contributed by atoms with E-state index in [0.29, 0.717) is 17.5 Å². The summed E-state index contributed by atoms with van der Waals surface area (Å²) >= 11 is 0. The lowest BCUT2D eigenvalue weighted by atomic mass is 10.1. The highest BCUT2D eigenvalue weighted by Crippen LogP contribution is 2.07. The van der Waals surface area contributed by atoms with Crippen LogP contribution in [-0.4, -0.2) is 56.5 Å². The van der Waals surface area contributed by atoms with Crippen LogP contribution in [0.5, 0.6) is 0 Å². The van der Waals surface area contributed by atoms with Crippen molar-refractivity contribution in [2.75, 3.05) is 32.2 Å². The first-order valence-electron chi connectivity index (χ1n) is 6.46. The molecule has 114 valence electrons. The quantitative estimate of drug-likeness (QED) is 0.806. The Labute approximate surface area is 125 Å². The highest BCUT2D eigenvalue weighted by Gasteiger charge is 2.13. The molecule has 0 atom stereocenters. The second-order valence-corrected chi connectivity index (χ2v) is 6.97. The van der Waals surface area contributed by atoms with Crippen LogP contribution in [0.4, 0.5) is 0 Å². The van der Waals surface area contributed by atoms with E-state index in [2.05, 4.69) is 11.8 Å². The third-order valence-corrected chi connectivity index (χ3v) is 3.65. The molecule has 0 heterocycles. The summed E-state index contributed by atoms with van der Waals surface area (Å²) in [5.41, 5.74) is 1.15. The summed E-state index contributed by atoms with van der Waals surface area (Å²) in [4.78, 5) is 13.6. The predicted molar refractivity (Wildman–Crippen MR) is 81.7 cm³/mol. The Morgan fingerprint density at radius 1 is 1.38 bits per heavy atom. The lowest BCUT2D eigenvalue weighted by Crippen LogP contribution is -2.31.